The Bertz CT molecular complexity index is 617. The number of hydrogen-bond donors (Lipinski definition) is 1. The molecule has 0 saturated carbocycles. The van der Waals surface area contributed by atoms with Crippen molar-refractivity contribution in [3.8, 4) is 0 Å². The number of hydrogen-bond acceptors (Lipinski definition) is 3. The van der Waals surface area contributed by atoms with Crippen LogP contribution >= 0.6 is 11.3 Å². The highest BCUT2D eigenvalue weighted by molar-refractivity contribution is 7.11. The maximum absolute atomic E-state index is 13.5. The Hall–Kier alpha value is -1.56. The van der Waals surface area contributed by atoms with Gasteiger partial charge in [0.05, 0.1) is 17.2 Å². The summed E-state index contributed by atoms with van der Waals surface area (Å²) in [5.41, 5.74) is -0.243. The molecule has 1 aromatic heterocycles. The van der Waals surface area contributed by atoms with E-state index in [9.17, 15) is 13.2 Å². The average molecular weight is 300 g/mol. The highest BCUT2D eigenvalue weighted by Gasteiger charge is 2.18. The number of anilines is 1. The van der Waals surface area contributed by atoms with Crippen molar-refractivity contribution in [2.75, 3.05) is 5.32 Å². The number of thiazole rings is 1. The zero-order valence-corrected chi connectivity index (χ0v) is 12.2. The minimum Gasteiger partial charge on any atom is -0.378 e. The molecule has 0 fully saturated rings. The standard InChI is InChI=1S/C14H15F3N2S/c1-14(2,3)13-19-7-9(20-13)6-18-11-5-8(15)4-10(16)12(11)17/h4-5,7,18H,6H2,1-3H3. The lowest BCUT2D eigenvalue weighted by Gasteiger charge is -2.13. The fraction of sp³-hybridized carbons (Fsp3) is 0.357. The summed E-state index contributed by atoms with van der Waals surface area (Å²) < 4.78 is 39.6. The maximum Gasteiger partial charge on any atom is 0.182 e. The zero-order chi connectivity index (χ0) is 14.9. The summed E-state index contributed by atoms with van der Waals surface area (Å²) >= 11 is 1.49. The van der Waals surface area contributed by atoms with Crippen LogP contribution in [0.1, 0.15) is 30.7 Å². The third kappa shape index (κ3) is 3.30. The Morgan fingerprint density at radius 2 is 1.90 bits per heavy atom. The molecule has 0 atom stereocenters. The van der Waals surface area contributed by atoms with E-state index in [1.165, 1.54) is 11.3 Å². The van der Waals surface area contributed by atoms with Crippen molar-refractivity contribution in [3.63, 3.8) is 0 Å². The molecule has 2 aromatic rings. The lowest BCUT2D eigenvalue weighted by molar-refractivity contribution is 0.497. The molecule has 0 unspecified atom stereocenters. The molecule has 6 heteroatoms. The first-order valence-corrected chi connectivity index (χ1v) is 6.92. The van der Waals surface area contributed by atoms with Gasteiger partial charge in [-0.05, 0) is 0 Å². The summed E-state index contributed by atoms with van der Waals surface area (Å²) in [7, 11) is 0. The predicted molar refractivity (Wildman–Crippen MR) is 74.5 cm³/mol. The molecule has 108 valence electrons. The SMILES string of the molecule is CC(C)(C)c1ncc(CNc2cc(F)cc(F)c2F)s1. The Morgan fingerprint density at radius 1 is 1.20 bits per heavy atom. The highest BCUT2D eigenvalue weighted by Crippen LogP contribution is 2.27. The van der Waals surface area contributed by atoms with Crippen molar-refractivity contribution in [3.05, 3.63) is 45.7 Å². The molecular formula is C14H15F3N2S. The van der Waals surface area contributed by atoms with Crippen LogP contribution in [0.5, 0.6) is 0 Å². The molecule has 1 N–H and O–H groups in total. The smallest absolute Gasteiger partial charge is 0.182 e. The van der Waals surface area contributed by atoms with Gasteiger partial charge in [0, 0.05) is 28.6 Å². The van der Waals surface area contributed by atoms with E-state index in [2.05, 4.69) is 10.3 Å². The summed E-state index contributed by atoms with van der Waals surface area (Å²) in [6, 6.07) is 1.45. The van der Waals surface area contributed by atoms with E-state index in [-0.39, 0.29) is 17.6 Å². The molecule has 2 nitrogen and oxygen atoms in total. The second kappa shape index (κ2) is 5.44. The van der Waals surface area contributed by atoms with Gasteiger partial charge in [0.15, 0.2) is 11.6 Å². The molecule has 0 radical (unpaired) electrons. The Kier molecular flexibility index (Phi) is 4.04. The Labute approximate surface area is 119 Å². The van der Waals surface area contributed by atoms with Crippen molar-refractivity contribution in [2.24, 2.45) is 0 Å². The quantitative estimate of drug-likeness (QED) is 0.846. The van der Waals surface area contributed by atoms with E-state index in [4.69, 9.17) is 0 Å². The second-order valence-electron chi connectivity index (χ2n) is 5.48. The summed E-state index contributed by atoms with van der Waals surface area (Å²) in [6.45, 7) is 6.41. The summed E-state index contributed by atoms with van der Waals surface area (Å²) in [5.74, 6) is -3.09. The van der Waals surface area contributed by atoms with E-state index in [0.29, 0.717) is 6.07 Å². The van der Waals surface area contributed by atoms with Crippen molar-refractivity contribution >= 4 is 17.0 Å². The largest absolute Gasteiger partial charge is 0.378 e. The van der Waals surface area contributed by atoms with E-state index < -0.39 is 17.5 Å². The topological polar surface area (TPSA) is 24.9 Å². The number of benzene rings is 1. The van der Waals surface area contributed by atoms with Crippen LogP contribution < -0.4 is 5.32 Å². The molecule has 1 aromatic carbocycles. The zero-order valence-electron chi connectivity index (χ0n) is 11.4. The van der Waals surface area contributed by atoms with E-state index in [1.54, 1.807) is 6.20 Å². The highest BCUT2D eigenvalue weighted by atomic mass is 32.1. The molecule has 2 rings (SSSR count). The van der Waals surface area contributed by atoms with Crippen molar-refractivity contribution in [2.45, 2.75) is 32.7 Å². The number of nitrogens with one attached hydrogen (secondary N) is 1. The summed E-state index contributed by atoms with van der Waals surface area (Å²) in [6.07, 6.45) is 1.69. The summed E-state index contributed by atoms with van der Waals surface area (Å²) in [5, 5.41) is 3.65. The van der Waals surface area contributed by atoms with Gasteiger partial charge in [0.25, 0.3) is 0 Å². The predicted octanol–water partition coefficient (Wildman–Crippen LogP) is 4.47. The van der Waals surface area contributed by atoms with Crippen LogP contribution in [0.3, 0.4) is 0 Å². The third-order valence-corrected chi connectivity index (χ3v) is 4.06. The summed E-state index contributed by atoms with van der Waals surface area (Å²) in [4.78, 5) is 5.17. The van der Waals surface area contributed by atoms with Crippen LogP contribution in [-0.2, 0) is 12.0 Å². The van der Waals surface area contributed by atoms with Gasteiger partial charge >= 0.3 is 0 Å². The van der Waals surface area contributed by atoms with Gasteiger partial charge in [0.1, 0.15) is 5.82 Å². The second-order valence-corrected chi connectivity index (χ2v) is 6.60. The first-order valence-electron chi connectivity index (χ1n) is 6.11. The lowest BCUT2D eigenvalue weighted by atomic mass is 9.98. The number of rotatable bonds is 3. The van der Waals surface area contributed by atoms with Crippen LogP contribution in [0.15, 0.2) is 18.3 Å². The average Bonchev–Trinajstić information content (AvgIpc) is 2.80. The van der Waals surface area contributed by atoms with E-state index in [0.717, 1.165) is 16.0 Å². The Balaban J connectivity index is 2.11. The van der Waals surface area contributed by atoms with Crippen molar-refractivity contribution in [1.29, 1.82) is 0 Å². The molecule has 0 aliphatic heterocycles. The fourth-order valence-electron chi connectivity index (χ4n) is 1.60. The van der Waals surface area contributed by atoms with Gasteiger partial charge in [-0.15, -0.1) is 11.3 Å². The third-order valence-electron chi connectivity index (χ3n) is 2.64. The monoisotopic (exact) mass is 300 g/mol. The fourth-order valence-corrected chi connectivity index (χ4v) is 2.51. The first-order chi connectivity index (χ1) is 9.27. The molecule has 0 bridgehead atoms. The van der Waals surface area contributed by atoms with Gasteiger partial charge in [-0.1, -0.05) is 20.8 Å². The van der Waals surface area contributed by atoms with Crippen LogP contribution in [0.2, 0.25) is 0 Å². The van der Waals surface area contributed by atoms with Gasteiger partial charge in [0.2, 0.25) is 0 Å². The van der Waals surface area contributed by atoms with Gasteiger partial charge in [-0.25, -0.2) is 18.2 Å². The van der Waals surface area contributed by atoms with Gasteiger partial charge in [-0.2, -0.15) is 0 Å². The van der Waals surface area contributed by atoms with Crippen LogP contribution in [0, 0.1) is 17.5 Å². The number of nitrogens with zero attached hydrogens (tertiary/aromatic N) is 1. The minimum absolute atomic E-state index is 0.0564. The van der Waals surface area contributed by atoms with Gasteiger partial charge in [-0.3, -0.25) is 0 Å². The number of halogens is 3. The first kappa shape index (κ1) is 14.8. The van der Waals surface area contributed by atoms with Crippen LogP contribution in [-0.4, -0.2) is 4.98 Å². The molecule has 20 heavy (non-hydrogen) atoms. The molecule has 0 spiro atoms. The van der Waals surface area contributed by atoms with Crippen LogP contribution in [0.25, 0.3) is 0 Å². The van der Waals surface area contributed by atoms with E-state index >= 15 is 0 Å². The lowest BCUT2D eigenvalue weighted by Crippen LogP contribution is -2.09. The van der Waals surface area contributed by atoms with Crippen LogP contribution in [0.4, 0.5) is 18.9 Å². The molecule has 0 amide bonds. The molecule has 0 aliphatic carbocycles. The molecule has 0 saturated heterocycles. The maximum atomic E-state index is 13.5. The Morgan fingerprint density at radius 3 is 2.50 bits per heavy atom. The minimum atomic E-state index is -1.20. The van der Waals surface area contributed by atoms with E-state index in [1.807, 2.05) is 20.8 Å². The molecule has 1 heterocycles. The molecular weight excluding hydrogens is 285 g/mol. The van der Waals surface area contributed by atoms with Crippen molar-refractivity contribution in [1.82, 2.24) is 4.98 Å². The number of aromatic nitrogens is 1. The normalized spacial score (nSPS) is 11.7. The van der Waals surface area contributed by atoms with Crippen molar-refractivity contribution < 1.29 is 13.2 Å². The molecule has 0 aliphatic rings. The van der Waals surface area contributed by atoms with Gasteiger partial charge < -0.3 is 5.32 Å².